The number of aryl methyl sites for hydroxylation is 1. The summed E-state index contributed by atoms with van der Waals surface area (Å²) in [5.41, 5.74) is 2.44. The molecule has 2 aromatic heterocycles. The van der Waals surface area contributed by atoms with Gasteiger partial charge < -0.3 is 15.3 Å². The van der Waals surface area contributed by atoms with Crippen LogP contribution in [-0.4, -0.2) is 33.0 Å². The molecule has 3 aromatic rings. The Morgan fingerprint density at radius 3 is 2.75 bits per heavy atom. The van der Waals surface area contributed by atoms with Gasteiger partial charge in [0.25, 0.3) is 5.56 Å². The number of rotatable bonds is 5. The number of hydrogen-bond acceptors (Lipinski definition) is 6. The maximum Gasteiger partial charge on any atom is 0.337 e. The Kier molecular flexibility index (Phi) is 4.63. The number of benzene rings is 1. The van der Waals surface area contributed by atoms with Crippen LogP contribution in [0.4, 0.5) is 11.5 Å². The SMILES string of the molecule is Cc1cc(C(C)Nc2ccccc2C(=O)O)c2nc(N3CC4CC3C4)c(C#N)c(=O)n2c1. The zero-order chi connectivity index (χ0) is 22.6. The minimum absolute atomic E-state index is 0.0726. The minimum atomic E-state index is -1.02. The molecule has 1 aliphatic carbocycles. The first-order valence-corrected chi connectivity index (χ1v) is 10.7. The molecule has 2 saturated heterocycles. The molecular weight excluding hydrogens is 406 g/mol. The monoisotopic (exact) mass is 429 g/mol. The molecule has 2 bridgehead atoms. The summed E-state index contributed by atoms with van der Waals surface area (Å²) in [4.78, 5) is 31.8. The minimum Gasteiger partial charge on any atom is -0.478 e. The van der Waals surface area contributed by atoms with Crippen LogP contribution in [0.1, 0.15) is 52.9 Å². The molecule has 6 rings (SSSR count). The maximum absolute atomic E-state index is 13.3. The Bertz CT molecular complexity index is 1350. The second-order valence-electron chi connectivity index (χ2n) is 8.75. The van der Waals surface area contributed by atoms with E-state index in [-0.39, 0.29) is 22.7 Å². The number of hydrogen-bond donors (Lipinski definition) is 2. The van der Waals surface area contributed by atoms with Crippen LogP contribution in [0.15, 0.2) is 41.3 Å². The van der Waals surface area contributed by atoms with Gasteiger partial charge in [0.05, 0.1) is 11.6 Å². The molecule has 1 atom stereocenters. The van der Waals surface area contributed by atoms with E-state index in [1.165, 1.54) is 4.40 Å². The predicted octanol–water partition coefficient (Wildman–Crippen LogP) is 3.34. The average Bonchev–Trinajstić information content (AvgIpc) is 3.35. The molecule has 2 N–H and O–H groups in total. The normalized spacial score (nSPS) is 20.0. The zero-order valence-corrected chi connectivity index (χ0v) is 17.9. The van der Waals surface area contributed by atoms with Crippen LogP contribution in [0.25, 0.3) is 5.65 Å². The van der Waals surface area contributed by atoms with Crippen LogP contribution in [0.3, 0.4) is 0 Å². The van der Waals surface area contributed by atoms with Crippen LogP contribution >= 0.6 is 0 Å². The van der Waals surface area contributed by atoms with Gasteiger partial charge in [-0.2, -0.15) is 5.26 Å². The number of fused-ring (bicyclic) bond motifs is 2. The Morgan fingerprint density at radius 1 is 1.34 bits per heavy atom. The predicted molar refractivity (Wildman–Crippen MR) is 120 cm³/mol. The van der Waals surface area contributed by atoms with Gasteiger partial charge in [-0.25, -0.2) is 9.78 Å². The smallest absolute Gasteiger partial charge is 0.337 e. The number of nitrogens with one attached hydrogen (secondary N) is 1. The largest absolute Gasteiger partial charge is 0.478 e. The van der Waals surface area contributed by atoms with Gasteiger partial charge in [-0.1, -0.05) is 12.1 Å². The highest BCUT2D eigenvalue weighted by Crippen LogP contribution is 2.43. The number of carbonyl (C=O) groups is 1. The number of carboxylic acid groups (broad SMARTS) is 1. The molecule has 32 heavy (non-hydrogen) atoms. The van der Waals surface area contributed by atoms with Gasteiger partial charge in [-0.15, -0.1) is 0 Å². The van der Waals surface area contributed by atoms with Gasteiger partial charge in [0.1, 0.15) is 11.7 Å². The van der Waals surface area contributed by atoms with E-state index in [0.29, 0.717) is 29.1 Å². The molecular formula is C24H23N5O3. The second kappa shape index (κ2) is 7.38. The molecule has 1 saturated carbocycles. The van der Waals surface area contributed by atoms with E-state index < -0.39 is 5.97 Å². The van der Waals surface area contributed by atoms with Gasteiger partial charge in [0.15, 0.2) is 11.4 Å². The number of carboxylic acids is 1. The third-order valence-electron chi connectivity index (χ3n) is 6.56. The fourth-order valence-corrected chi connectivity index (χ4v) is 4.92. The van der Waals surface area contributed by atoms with Crippen molar-refractivity contribution in [2.75, 3.05) is 16.8 Å². The van der Waals surface area contributed by atoms with Gasteiger partial charge in [-0.05, 0) is 56.4 Å². The number of para-hydroxylation sites is 1. The summed E-state index contributed by atoms with van der Waals surface area (Å²) < 4.78 is 1.44. The lowest BCUT2D eigenvalue weighted by Crippen LogP contribution is -2.33. The summed E-state index contributed by atoms with van der Waals surface area (Å²) in [5, 5.41) is 22.5. The highest BCUT2D eigenvalue weighted by Gasteiger charge is 2.44. The number of nitriles is 1. The first-order valence-electron chi connectivity index (χ1n) is 10.7. The molecule has 8 heteroatoms. The van der Waals surface area contributed by atoms with E-state index in [9.17, 15) is 20.0 Å². The van der Waals surface area contributed by atoms with Gasteiger partial charge in [-0.3, -0.25) is 9.20 Å². The van der Waals surface area contributed by atoms with E-state index in [1.807, 2.05) is 19.9 Å². The third-order valence-corrected chi connectivity index (χ3v) is 6.56. The van der Waals surface area contributed by atoms with Crippen molar-refractivity contribution in [2.24, 2.45) is 5.92 Å². The van der Waals surface area contributed by atoms with Crippen molar-refractivity contribution in [2.45, 2.75) is 38.8 Å². The molecule has 3 fully saturated rings. The summed E-state index contributed by atoms with van der Waals surface area (Å²) in [6, 6.07) is 10.8. The van der Waals surface area contributed by atoms with Crippen LogP contribution in [-0.2, 0) is 0 Å². The lowest BCUT2D eigenvalue weighted by molar-refractivity contribution is 0.0698. The highest BCUT2D eigenvalue weighted by atomic mass is 16.4. The molecule has 1 unspecified atom stereocenters. The Hall–Kier alpha value is -3.86. The van der Waals surface area contributed by atoms with Crippen molar-refractivity contribution in [1.29, 1.82) is 5.26 Å². The number of nitrogens with zero attached hydrogens (tertiary/aromatic N) is 4. The van der Waals surface area contributed by atoms with E-state index in [4.69, 9.17) is 4.98 Å². The van der Waals surface area contributed by atoms with Crippen molar-refractivity contribution in [1.82, 2.24) is 9.38 Å². The first-order chi connectivity index (χ1) is 15.4. The fourth-order valence-electron chi connectivity index (χ4n) is 4.92. The topological polar surface area (TPSA) is 111 Å². The van der Waals surface area contributed by atoms with E-state index in [1.54, 1.807) is 30.5 Å². The summed E-state index contributed by atoms with van der Waals surface area (Å²) in [7, 11) is 0. The summed E-state index contributed by atoms with van der Waals surface area (Å²) in [5.74, 6) is 0.0563. The Labute approximate surface area is 184 Å². The molecule has 8 nitrogen and oxygen atoms in total. The molecule has 0 spiro atoms. The molecule has 1 aromatic carbocycles. The second-order valence-corrected chi connectivity index (χ2v) is 8.75. The fraction of sp³-hybridized carbons (Fsp3) is 0.333. The lowest BCUT2D eigenvalue weighted by atomic mass is 9.86. The molecule has 2 aliphatic heterocycles. The van der Waals surface area contributed by atoms with E-state index in [2.05, 4.69) is 16.3 Å². The van der Waals surface area contributed by atoms with E-state index in [0.717, 1.165) is 30.5 Å². The van der Waals surface area contributed by atoms with Crippen molar-refractivity contribution >= 4 is 23.1 Å². The van der Waals surface area contributed by atoms with Gasteiger partial charge >= 0.3 is 5.97 Å². The number of anilines is 2. The molecule has 4 heterocycles. The number of aromatic carboxylic acids is 1. The quantitative estimate of drug-likeness (QED) is 0.640. The van der Waals surface area contributed by atoms with Crippen molar-refractivity contribution in [3.8, 4) is 6.07 Å². The summed E-state index contributed by atoms with van der Waals surface area (Å²) >= 11 is 0. The average molecular weight is 429 g/mol. The van der Waals surface area contributed by atoms with Crippen LogP contribution in [0.2, 0.25) is 0 Å². The first kappa shape index (κ1) is 20.1. The molecule has 162 valence electrons. The van der Waals surface area contributed by atoms with Crippen molar-refractivity contribution in [3.05, 3.63) is 69.1 Å². The van der Waals surface area contributed by atoms with Crippen LogP contribution < -0.4 is 15.8 Å². The molecule has 0 amide bonds. The Balaban J connectivity index is 1.65. The van der Waals surface area contributed by atoms with Crippen LogP contribution in [0, 0.1) is 24.2 Å². The van der Waals surface area contributed by atoms with Crippen molar-refractivity contribution in [3.63, 3.8) is 0 Å². The van der Waals surface area contributed by atoms with Gasteiger partial charge in [0.2, 0.25) is 0 Å². The lowest BCUT2D eigenvalue weighted by Gasteiger charge is -2.27. The van der Waals surface area contributed by atoms with Crippen LogP contribution in [0.5, 0.6) is 0 Å². The molecule has 0 radical (unpaired) electrons. The Morgan fingerprint density at radius 2 is 2.09 bits per heavy atom. The maximum atomic E-state index is 13.3. The highest BCUT2D eigenvalue weighted by molar-refractivity contribution is 5.94. The number of aromatic nitrogens is 2. The summed E-state index contributed by atoms with van der Waals surface area (Å²) in [6.07, 6.45) is 3.85. The summed E-state index contributed by atoms with van der Waals surface area (Å²) in [6.45, 7) is 4.61. The standard InChI is InChI=1S/C24H23N5O3/c1-13-7-18(14(2)26-20-6-4-3-5-17(20)24(31)32)21-27-22(28-12-15-8-16(28)9-15)19(10-25)23(30)29(21)11-13/h3-7,11,14-16,26H,8-9,12H2,1-2H3,(H,31,32). The zero-order valence-electron chi connectivity index (χ0n) is 17.9. The van der Waals surface area contributed by atoms with Gasteiger partial charge in [0, 0.05) is 30.0 Å². The number of pyridine rings is 1. The van der Waals surface area contributed by atoms with E-state index >= 15 is 0 Å². The van der Waals surface area contributed by atoms with Crippen molar-refractivity contribution < 1.29 is 9.90 Å². The third kappa shape index (κ3) is 3.09. The molecule has 3 aliphatic rings.